The maximum atomic E-state index is 6.07. The number of aliphatic imine (C=N–C) groups is 1. The molecule has 1 aliphatic carbocycles. The van der Waals surface area contributed by atoms with Crippen molar-refractivity contribution in [3.05, 3.63) is 23.2 Å². The zero-order valence-corrected chi connectivity index (χ0v) is 12.6. The lowest BCUT2D eigenvalue weighted by Crippen LogP contribution is -2.24. The molecule has 1 aliphatic rings. The molecule has 4 nitrogen and oxygen atoms in total. The van der Waals surface area contributed by atoms with Crippen molar-refractivity contribution in [2.45, 2.75) is 32.1 Å². The summed E-state index contributed by atoms with van der Waals surface area (Å²) >= 11 is 6.07. The number of methoxy groups -OCH3 is 1. The van der Waals surface area contributed by atoms with Crippen molar-refractivity contribution in [1.82, 2.24) is 0 Å². The van der Waals surface area contributed by atoms with E-state index in [0.717, 1.165) is 12.2 Å². The van der Waals surface area contributed by atoms with Crippen LogP contribution in [-0.2, 0) is 0 Å². The standard InChI is InChI=1S/C15H22ClN3O/c1-20-14-8-7-12(9-13(14)16)19-15(17)18-10-11-5-3-2-4-6-11/h7-9,11H,2-6,10H2,1H3,(H3,17,18,19). The Balaban J connectivity index is 1.89. The molecule has 0 atom stereocenters. The third kappa shape index (κ3) is 4.30. The van der Waals surface area contributed by atoms with E-state index in [0.29, 0.717) is 22.6 Å². The summed E-state index contributed by atoms with van der Waals surface area (Å²) in [6.07, 6.45) is 6.54. The summed E-state index contributed by atoms with van der Waals surface area (Å²) in [5, 5.41) is 3.61. The van der Waals surface area contributed by atoms with Gasteiger partial charge in [0.15, 0.2) is 5.96 Å². The summed E-state index contributed by atoms with van der Waals surface area (Å²) in [5.41, 5.74) is 6.73. The molecule has 0 amide bonds. The Morgan fingerprint density at radius 3 is 2.80 bits per heavy atom. The van der Waals surface area contributed by atoms with Crippen LogP contribution in [0.3, 0.4) is 0 Å². The van der Waals surface area contributed by atoms with Crippen LogP contribution in [0.1, 0.15) is 32.1 Å². The summed E-state index contributed by atoms with van der Waals surface area (Å²) in [5.74, 6) is 1.77. The number of guanidine groups is 1. The predicted octanol–water partition coefficient (Wildman–Crippen LogP) is 3.66. The largest absolute Gasteiger partial charge is 0.495 e. The molecular weight excluding hydrogens is 274 g/mol. The lowest BCUT2D eigenvalue weighted by atomic mass is 9.89. The molecule has 0 aliphatic heterocycles. The molecular formula is C15H22ClN3O. The van der Waals surface area contributed by atoms with Gasteiger partial charge in [0.1, 0.15) is 5.75 Å². The van der Waals surface area contributed by atoms with Gasteiger partial charge in [0.05, 0.1) is 12.1 Å². The van der Waals surface area contributed by atoms with Gasteiger partial charge in [-0.1, -0.05) is 30.9 Å². The number of nitrogens with zero attached hydrogens (tertiary/aromatic N) is 1. The SMILES string of the molecule is COc1ccc(NC(N)=NCC2CCCCC2)cc1Cl. The fourth-order valence-electron chi connectivity index (χ4n) is 2.53. The van der Waals surface area contributed by atoms with Crippen LogP contribution < -0.4 is 15.8 Å². The molecule has 1 fully saturated rings. The minimum atomic E-state index is 0.441. The van der Waals surface area contributed by atoms with Gasteiger partial charge >= 0.3 is 0 Å². The Morgan fingerprint density at radius 2 is 2.15 bits per heavy atom. The molecule has 1 aromatic rings. The molecule has 0 spiro atoms. The molecule has 0 unspecified atom stereocenters. The maximum Gasteiger partial charge on any atom is 0.193 e. The average Bonchev–Trinajstić information content (AvgIpc) is 2.46. The van der Waals surface area contributed by atoms with Gasteiger partial charge in [0.2, 0.25) is 0 Å². The summed E-state index contributed by atoms with van der Waals surface area (Å²) in [4.78, 5) is 4.42. The number of nitrogens with one attached hydrogen (secondary N) is 1. The Morgan fingerprint density at radius 1 is 1.40 bits per heavy atom. The first-order valence-corrected chi connectivity index (χ1v) is 7.47. The Bertz CT molecular complexity index is 470. The first kappa shape index (κ1) is 15.0. The predicted molar refractivity (Wildman–Crippen MR) is 84.7 cm³/mol. The van der Waals surface area contributed by atoms with E-state index >= 15 is 0 Å². The number of rotatable bonds is 4. The molecule has 0 saturated heterocycles. The number of halogens is 1. The number of nitrogens with two attached hydrogens (primary N) is 1. The van der Waals surface area contributed by atoms with Gasteiger partial charge in [-0.05, 0) is 37.0 Å². The van der Waals surface area contributed by atoms with E-state index in [1.807, 2.05) is 6.07 Å². The van der Waals surface area contributed by atoms with E-state index in [-0.39, 0.29) is 0 Å². The van der Waals surface area contributed by atoms with Gasteiger partial charge < -0.3 is 15.8 Å². The molecule has 0 aromatic heterocycles. The van der Waals surface area contributed by atoms with E-state index < -0.39 is 0 Å². The minimum absolute atomic E-state index is 0.441. The van der Waals surface area contributed by atoms with Crippen LogP contribution in [0.4, 0.5) is 5.69 Å². The fraction of sp³-hybridized carbons (Fsp3) is 0.533. The van der Waals surface area contributed by atoms with Crippen molar-refractivity contribution < 1.29 is 4.74 Å². The molecule has 110 valence electrons. The highest BCUT2D eigenvalue weighted by Crippen LogP contribution is 2.27. The van der Waals surface area contributed by atoms with Gasteiger partial charge in [0, 0.05) is 12.2 Å². The molecule has 20 heavy (non-hydrogen) atoms. The van der Waals surface area contributed by atoms with Crippen molar-refractivity contribution in [1.29, 1.82) is 0 Å². The van der Waals surface area contributed by atoms with Gasteiger partial charge in [0.25, 0.3) is 0 Å². The second-order valence-electron chi connectivity index (χ2n) is 5.20. The lowest BCUT2D eigenvalue weighted by molar-refractivity contribution is 0.367. The van der Waals surface area contributed by atoms with Crippen molar-refractivity contribution >= 4 is 23.2 Å². The summed E-state index contributed by atoms with van der Waals surface area (Å²) < 4.78 is 5.11. The molecule has 1 saturated carbocycles. The number of hydrogen-bond donors (Lipinski definition) is 2. The number of benzene rings is 1. The average molecular weight is 296 g/mol. The van der Waals surface area contributed by atoms with Crippen molar-refractivity contribution in [3.8, 4) is 5.75 Å². The summed E-state index contributed by atoms with van der Waals surface area (Å²) in [6, 6.07) is 5.45. The van der Waals surface area contributed by atoms with Crippen molar-refractivity contribution in [2.24, 2.45) is 16.6 Å². The van der Waals surface area contributed by atoms with E-state index in [4.69, 9.17) is 22.1 Å². The normalized spacial score (nSPS) is 17.0. The maximum absolute atomic E-state index is 6.07. The van der Waals surface area contributed by atoms with E-state index in [2.05, 4.69) is 10.3 Å². The van der Waals surface area contributed by atoms with Crippen molar-refractivity contribution in [2.75, 3.05) is 19.0 Å². The van der Waals surface area contributed by atoms with Crippen LogP contribution in [0.2, 0.25) is 5.02 Å². The van der Waals surface area contributed by atoms with Gasteiger partial charge in [-0.2, -0.15) is 0 Å². The molecule has 0 bridgehead atoms. The van der Waals surface area contributed by atoms with Crippen LogP contribution in [-0.4, -0.2) is 19.6 Å². The second kappa shape index (κ2) is 7.39. The van der Waals surface area contributed by atoms with Crippen LogP contribution >= 0.6 is 11.6 Å². The van der Waals surface area contributed by atoms with Crippen molar-refractivity contribution in [3.63, 3.8) is 0 Å². The zero-order chi connectivity index (χ0) is 14.4. The minimum Gasteiger partial charge on any atom is -0.495 e. The first-order valence-electron chi connectivity index (χ1n) is 7.09. The Labute approximate surface area is 125 Å². The highest BCUT2D eigenvalue weighted by Gasteiger charge is 2.12. The molecule has 2 rings (SSSR count). The van der Waals surface area contributed by atoms with Crippen LogP contribution in [0, 0.1) is 5.92 Å². The zero-order valence-electron chi connectivity index (χ0n) is 11.9. The highest BCUT2D eigenvalue weighted by atomic mass is 35.5. The van der Waals surface area contributed by atoms with E-state index in [9.17, 15) is 0 Å². The van der Waals surface area contributed by atoms with Crippen LogP contribution in [0.25, 0.3) is 0 Å². The Kier molecular flexibility index (Phi) is 5.53. The molecule has 1 aromatic carbocycles. The van der Waals surface area contributed by atoms with Gasteiger partial charge in [-0.15, -0.1) is 0 Å². The fourth-order valence-corrected chi connectivity index (χ4v) is 2.79. The van der Waals surface area contributed by atoms with E-state index in [1.165, 1.54) is 32.1 Å². The first-order chi connectivity index (χ1) is 9.69. The summed E-state index contributed by atoms with van der Waals surface area (Å²) in [6.45, 7) is 0.808. The van der Waals surface area contributed by atoms with Crippen LogP contribution in [0.5, 0.6) is 5.75 Å². The molecule has 5 heteroatoms. The molecule has 0 radical (unpaired) electrons. The van der Waals surface area contributed by atoms with Gasteiger partial charge in [-0.3, -0.25) is 4.99 Å². The topological polar surface area (TPSA) is 59.6 Å². The lowest BCUT2D eigenvalue weighted by Gasteiger charge is -2.19. The van der Waals surface area contributed by atoms with E-state index in [1.54, 1.807) is 19.2 Å². The van der Waals surface area contributed by atoms with Crippen LogP contribution in [0.15, 0.2) is 23.2 Å². The third-order valence-electron chi connectivity index (χ3n) is 3.67. The van der Waals surface area contributed by atoms with Gasteiger partial charge in [-0.25, -0.2) is 0 Å². The molecule has 3 N–H and O–H groups in total. The number of hydrogen-bond acceptors (Lipinski definition) is 2. The number of anilines is 1. The second-order valence-corrected chi connectivity index (χ2v) is 5.61. The quantitative estimate of drug-likeness (QED) is 0.658. The highest BCUT2D eigenvalue weighted by molar-refractivity contribution is 6.32. The third-order valence-corrected chi connectivity index (χ3v) is 3.96. The summed E-state index contributed by atoms with van der Waals surface area (Å²) in [7, 11) is 1.59. The monoisotopic (exact) mass is 295 g/mol. The number of ether oxygens (including phenoxy) is 1. The smallest absolute Gasteiger partial charge is 0.193 e. The Hall–Kier alpha value is -1.42. The molecule has 0 heterocycles.